The van der Waals surface area contributed by atoms with Crippen molar-refractivity contribution in [3.8, 4) is 11.5 Å². The molecule has 0 radical (unpaired) electrons. The highest BCUT2D eigenvalue weighted by Gasteiger charge is 2.24. The smallest absolute Gasteiger partial charge is 0.262 e. The second kappa shape index (κ2) is 10.4. The number of rotatable bonds is 9. The Kier molecular flexibility index (Phi) is 7.31. The first kappa shape index (κ1) is 22.6. The summed E-state index contributed by atoms with van der Waals surface area (Å²) in [5.41, 5.74) is 1.73. The van der Waals surface area contributed by atoms with Crippen LogP contribution in [0.15, 0.2) is 58.5 Å². The highest BCUT2D eigenvalue weighted by atomic mass is 32.2. The van der Waals surface area contributed by atoms with Gasteiger partial charge in [-0.2, -0.15) is 4.57 Å². The molecule has 0 saturated carbocycles. The molecular weight excluding hydrogens is 451 g/mol. The second-order valence-electron chi connectivity index (χ2n) is 6.95. The molecular formula is C23H23FN2O4S2. The molecule has 2 heterocycles. The van der Waals surface area contributed by atoms with Gasteiger partial charge in [-0.05, 0) is 30.3 Å². The van der Waals surface area contributed by atoms with Gasteiger partial charge in [0.2, 0.25) is 5.52 Å². The number of benzene rings is 2. The lowest BCUT2D eigenvalue weighted by atomic mass is 10.2. The maximum Gasteiger partial charge on any atom is 0.262 e. The normalized spacial score (nSPS) is 14.7. The predicted molar refractivity (Wildman–Crippen MR) is 124 cm³/mol. The van der Waals surface area contributed by atoms with E-state index in [1.54, 1.807) is 41.3 Å². The molecule has 4 rings (SSSR count). The van der Waals surface area contributed by atoms with Crippen molar-refractivity contribution in [1.82, 2.24) is 0 Å². The number of aliphatic hydroxyl groups excluding tert-OH is 2. The van der Waals surface area contributed by atoms with Crippen molar-refractivity contribution < 1.29 is 29.0 Å². The van der Waals surface area contributed by atoms with Gasteiger partial charge in [-0.3, -0.25) is 0 Å². The van der Waals surface area contributed by atoms with Crippen LogP contribution in [0.1, 0.15) is 5.01 Å². The van der Waals surface area contributed by atoms with E-state index in [0.717, 1.165) is 30.8 Å². The fraction of sp³-hybridized carbons (Fsp3) is 0.261. The zero-order valence-electron chi connectivity index (χ0n) is 17.2. The number of aliphatic hydroxyl groups is 2. The molecule has 1 aliphatic heterocycles. The lowest BCUT2D eigenvalue weighted by molar-refractivity contribution is -0.670. The van der Waals surface area contributed by atoms with E-state index in [2.05, 4.69) is 0 Å². The summed E-state index contributed by atoms with van der Waals surface area (Å²) in [6.45, 7) is 0.245. The summed E-state index contributed by atoms with van der Waals surface area (Å²) < 4.78 is 20.9. The molecule has 0 fully saturated rings. The molecule has 2 N–H and O–H groups in total. The van der Waals surface area contributed by atoms with E-state index in [-0.39, 0.29) is 25.6 Å². The van der Waals surface area contributed by atoms with Crippen molar-refractivity contribution in [3.63, 3.8) is 0 Å². The van der Waals surface area contributed by atoms with Crippen molar-refractivity contribution in [2.45, 2.75) is 11.4 Å². The average molecular weight is 475 g/mol. The molecule has 32 heavy (non-hydrogen) atoms. The van der Waals surface area contributed by atoms with Gasteiger partial charge in [-0.25, -0.2) is 4.39 Å². The minimum absolute atomic E-state index is 0.00814. The van der Waals surface area contributed by atoms with Gasteiger partial charge < -0.3 is 25.0 Å². The highest BCUT2D eigenvalue weighted by molar-refractivity contribution is 8.03. The molecule has 0 spiro atoms. The van der Waals surface area contributed by atoms with E-state index in [9.17, 15) is 19.7 Å². The quantitative estimate of drug-likeness (QED) is 0.464. The summed E-state index contributed by atoms with van der Waals surface area (Å²) in [7, 11) is 0. The predicted octanol–water partition coefficient (Wildman–Crippen LogP) is 3.06. The molecule has 0 unspecified atom stereocenters. The molecule has 1 aromatic heterocycles. The third-order valence-electron chi connectivity index (χ3n) is 4.87. The van der Waals surface area contributed by atoms with Gasteiger partial charge in [0.25, 0.3) is 5.01 Å². The van der Waals surface area contributed by atoms with Gasteiger partial charge in [0.1, 0.15) is 30.3 Å². The van der Waals surface area contributed by atoms with E-state index >= 15 is 0 Å². The summed E-state index contributed by atoms with van der Waals surface area (Å²) in [6.07, 6.45) is 5.85. The fourth-order valence-corrected chi connectivity index (χ4v) is 5.69. The van der Waals surface area contributed by atoms with Crippen molar-refractivity contribution in [1.29, 1.82) is 0 Å². The minimum Gasteiger partial charge on any atom is -0.872 e. The summed E-state index contributed by atoms with van der Waals surface area (Å²) in [4.78, 5) is 2.92. The fourth-order valence-electron chi connectivity index (χ4n) is 3.53. The lowest BCUT2D eigenvalue weighted by Crippen LogP contribution is -2.36. The largest absolute Gasteiger partial charge is 0.872 e. The van der Waals surface area contributed by atoms with Crippen molar-refractivity contribution in [2.24, 2.45) is 0 Å². The van der Waals surface area contributed by atoms with Crippen LogP contribution in [0.2, 0.25) is 0 Å². The van der Waals surface area contributed by atoms with Crippen LogP contribution >= 0.6 is 23.1 Å². The molecule has 0 saturated heterocycles. The second-order valence-corrected chi connectivity index (χ2v) is 9.08. The summed E-state index contributed by atoms with van der Waals surface area (Å²) in [5, 5.41) is 32.7. The van der Waals surface area contributed by atoms with Crippen LogP contribution in [0, 0.1) is 0 Å². The van der Waals surface area contributed by atoms with Crippen LogP contribution in [0.25, 0.3) is 16.3 Å². The van der Waals surface area contributed by atoms with Gasteiger partial charge in [-0.1, -0.05) is 35.2 Å². The number of aromatic nitrogens is 1. The highest BCUT2D eigenvalue weighted by Crippen LogP contribution is 2.46. The summed E-state index contributed by atoms with van der Waals surface area (Å²) in [5.74, 6) is 0.532. The Morgan fingerprint density at radius 3 is 2.81 bits per heavy atom. The van der Waals surface area contributed by atoms with Crippen LogP contribution in [0.3, 0.4) is 0 Å². The third kappa shape index (κ3) is 4.75. The molecule has 168 valence electrons. The number of thioether (sulfide) groups is 1. The first-order valence-corrected chi connectivity index (χ1v) is 11.8. The van der Waals surface area contributed by atoms with E-state index in [0.29, 0.717) is 18.8 Å². The number of nitrogens with zero attached hydrogens (tertiary/aromatic N) is 2. The summed E-state index contributed by atoms with van der Waals surface area (Å²) in [6, 6.07) is 10.6. The number of hydrogen-bond acceptors (Lipinski definition) is 7. The number of thiazole rings is 1. The number of fused-ring (bicyclic) bond motifs is 2. The van der Waals surface area contributed by atoms with Crippen molar-refractivity contribution >= 4 is 45.1 Å². The van der Waals surface area contributed by atoms with Gasteiger partial charge >= 0.3 is 0 Å². The first-order chi connectivity index (χ1) is 15.6. The Balaban J connectivity index is 1.63. The Bertz CT molecular complexity index is 1160. The number of alkyl halides is 1. The number of ether oxygens (including phenoxy) is 1. The Morgan fingerprint density at radius 2 is 2.03 bits per heavy atom. The molecule has 0 bridgehead atoms. The maximum absolute atomic E-state index is 12.4. The first-order valence-electron chi connectivity index (χ1n) is 10.2. The number of hydrogen-bond donors (Lipinski definition) is 2. The Hall–Kier alpha value is -2.59. The Labute approximate surface area is 193 Å². The number of halogens is 1. The molecule has 0 atom stereocenters. The minimum atomic E-state index is -0.549. The number of allylic oxidation sites excluding steroid dienone is 2. The van der Waals surface area contributed by atoms with E-state index in [1.807, 2.05) is 45.9 Å². The van der Waals surface area contributed by atoms with E-state index in [1.165, 1.54) is 0 Å². The molecule has 0 amide bonds. The van der Waals surface area contributed by atoms with Crippen molar-refractivity contribution in [2.75, 3.05) is 37.9 Å². The summed E-state index contributed by atoms with van der Waals surface area (Å²) >= 11 is 3.14. The van der Waals surface area contributed by atoms with Crippen LogP contribution in [-0.4, -0.2) is 43.3 Å². The van der Waals surface area contributed by atoms with E-state index in [4.69, 9.17) is 4.74 Å². The van der Waals surface area contributed by atoms with Gasteiger partial charge in [0, 0.05) is 17.5 Å². The SMILES string of the molecule is [O-]c1ccc2c(c1)N(CCO)/C(=C/C=C/c1sc3ccc(OCCF)cc3[n+]1CCO)S2. The maximum atomic E-state index is 12.4. The zero-order valence-corrected chi connectivity index (χ0v) is 18.9. The standard InChI is InChI=1S/C23H23FN2O4S2/c24-8-13-30-17-5-7-21-19(15-17)26(10-12-28)23(32-21)3-1-2-22-25(9-11-27)18-14-16(29)4-6-20(18)31-22/h1-7,14-15,27-28H,8-13H2. The average Bonchev–Trinajstić information content (AvgIpc) is 3.30. The van der Waals surface area contributed by atoms with Crippen molar-refractivity contribution in [3.05, 3.63) is 58.6 Å². The number of anilines is 1. The van der Waals surface area contributed by atoms with Gasteiger partial charge in [-0.15, -0.1) is 5.75 Å². The molecule has 9 heteroatoms. The van der Waals surface area contributed by atoms with Crippen LogP contribution in [-0.2, 0) is 6.54 Å². The lowest BCUT2D eigenvalue weighted by Gasteiger charge is -2.20. The van der Waals surface area contributed by atoms with Gasteiger partial charge in [0.15, 0.2) is 6.54 Å². The van der Waals surface area contributed by atoms with Crippen LogP contribution in [0.4, 0.5) is 10.1 Å². The van der Waals surface area contributed by atoms with E-state index < -0.39 is 6.67 Å². The third-order valence-corrected chi connectivity index (χ3v) is 7.14. The molecule has 6 nitrogen and oxygen atoms in total. The van der Waals surface area contributed by atoms with Crippen LogP contribution in [0.5, 0.6) is 11.5 Å². The molecule has 2 aromatic carbocycles. The Morgan fingerprint density at radius 1 is 1.16 bits per heavy atom. The molecule has 3 aromatic rings. The number of β-amino-alcohol motifs (C(OH)–C–C–N with tert-alkyl or cyclic N) is 1. The van der Waals surface area contributed by atoms with Crippen LogP contribution < -0.4 is 19.3 Å². The zero-order chi connectivity index (χ0) is 22.5. The monoisotopic (exact) mass is 474 g/mol. The topological polar surface area (TPSA) is 79.9 Å². The molecule has 1 aliphatic rings. The molecule has 0 aliphatic carbocycles. The van der Waals surface area contributed by atoms with Gasteiger partial charge in [0.05, 0.1) is 23.4 Å².